The van der Waals surface area contributed by atoms with Crippen molar-refractivity contribution in [1.82, 2.24) is 0 Å². The number of benzene rings is 1. The molecule has 0 radical (unpaired) electrons. The molecule has 0 saturated carbocycles. The molecule has 1 aromatic rings. The Kier molecular flexibility index (Phi) is 4.92. The fourth-order valence-corrected chi connectivity index (χ4v) is 1.12. The average Bonchev–Trinajstić information content (AvgIpc) is 2.33. The molecular formula is C14H18O5. The van der Waals surface area contributed by atoms with Crippen molar-refractivity contribution in [2.45, 2.75) is 27.7 Å². The molecule has 0 atom stereocenters. The molecule has 0 heterocycles. The molecule has 1 rings (SSSR count). The lowest BCUT2D eigenvalue weighted by molar-refractivity contribution is -0.138. The van der Waals surface area contributed by atoms with Crippen LogP contribution in [0.25, 0.3) is 0 Å². The van der Waals surface area contributed by atoms with Crippen molar-refractivity contribution >= 4 is 11.9 Å². The van der Waals surface area contributed by atoms with Crippen molar-refractivity contribution in [2.24, 2.45) is 11.8 Å². The van der Waals surface area contributed by atoms with Gasteiger partial charge in [0.25, 0.3) is 0 Å². The molecule has 0 fully saturated rings. The molecule has 0 aliphatic heterocycles. The Morgan fingerprint density at radius 1 is 0.947 bits per heavy atom. The maximum absolute atomic E-state index is 11.5. The first-order chi connectivity index (χ1) is 8.82. The molecule has 5 nitrogen and oxygen atoms in total. The Morgan fingerprint density at radius 3 is 1.63 bits per heavy atom. The summed E-state index contributed by atoms with van der Waals surface area (Å²) in [6.07, 6.45) is 0. The minimum absolute atomic E-state index is 0.0206. The lowest BCUT2D eigenvalue weighted by Crippen LogP contribution is -2.16. The number of ether oxygens (including phenoxy) is 2. The van der Waals surface area contributed by atoms with E-state index in [2.05, 4.69) is 0 Å². The van der Waals surface area contributed by atoms with Crippen LogP contribution in [0, 0.1) is 11.8 Å². The highest BCUT2D eigenvalue weighted by molar-refractivity contribution is 5.77. The topological polar surface area (TPSA) is 72.8 Å². The Bertz CT molecular complexity index is 436. The highest BCUT2D eigenvalue weighted by Gasteiger charge is 2.18. The summed E-state index contributed by atoms with van der Waals surface area (Å²) < 4.78 is 10.0. The summed E-state index contributed by atoms with van der Waals surface area (Å²) in [4.78, 5) is 22.9. The number of carbonyl (C=O) groups excluding carboxylic acids is 2. The Labute approximate surface area is 112 Å². The van der Waals surface area contributed by atoms with E-state index in [1.807, 2.05) is 0 Å². The van der Waals surface area contributed by atoms with E-state index in [0.29, 0.717) is 0 Å². The van der Waals surface area contributed by atoms with Gasteiger partial charge in [0, 0.05) is 0 Å². The lowest BCUT2D eigenvalue weighted by Gasteiger charge is -2.12. The van der Waals surface area contributed by atoms with Crippen LogP contribution >= 0.6 is 0 Å². The number of esters is 2. The molecule has 0 bridgehead atoms. The van der Waals surface area contributed by atoms with Crippen LogP contribution in [0.5, 0.6) is 17.2 Å². The summed E-state index contributed by atoms with van der Waals surface area (Å²) >= 11 is 0. The molecule has 5 heteroatoms. The average molecular weight is 266 g/mol. The van der Waals surface area contributed by atoms with Crippen molar-refractivity contribution in [3.63, 3.8) is 0 Å². The monoisotopic (exact) mass is 266 g/mol. The highest BCUT2D eigenvalue weighted by atomic mass is 16.6. The summed E-state index contributed by atoms with van der Waals surface area (Å²) in [6.45, 7) is 6.73. The molecule has 0 amide bonds. The third-order valence-electron chi connectivity index (χ3n) is 2.33. The van der Waals surface area contributed by atoms with Crippen molar-refractivity contribution in [1.29, 1.82) is 0 Å². The second kappa shape index (κ2) is 6.22. The number of hydrogen-bond acceptors (Lipinski definition) is 5. The van der Waals surface area contributed by atoms with Gasteiger partial charge in [0.05, 0.1) is 11.8 Å². The highest BCUT2D eigenvalue weighted by Crippen LogP contribution is 2.36. The largest absolute Gasteiger partial charge is 0.502 e. The number of aromatic hydroxyl groups is 1. The summed E-state index contributed by atoms with van der Waals surface area (Å²) in [5.74, 6) is -1.97. The summed E-state index contributed by atoms with van der Waals surface area (Å²) in [6, 6.07) is 4.40. The summed E-state index contributed by atoms with van der Waals surface area (Å²) in [5.41, 5.74) is 0. The van der Waals surface area contributed by atoms with Crippen molar-refractivity contribution < 1.29 is 24.2 Å². The number of phenolic OH excluding ortho intramolecular Hbond substituents is 1. The smallest absolute Gasteiger partial charge is 0.313 e. The van der Waals surface area contributed by atoms with E-state index in [1.54, 1.807) is 27.7 Å². The Morgan fingerprint density at radius 2 is 1.32 bits per heavy atom. The molecular weight excluding hydrogens is 248 g/mol. The van der Waals surface area contributed by atoms with Crippen molar-refractivity contribution in [3.8, 4) is 17.2 Å². The van der Waals surface area contributed by atoms with Gasteiger partial charge in [-0.1, -0.05) is 33.8 Å². The molecule has 0 saturated heterocycles. The second-order valence-electron chi connectivity index (χ2n) is 4.75. The van der Waals surface area contributed by atoms with Crippen LogP contribution in [0.2, 0.25) is 0 Å². The standard InChI is InChI=1S/C14H18O5/c1-8(2)13(16)18-10-6-5-7-11(12(10)15)19-14(17)9(3)4/h5-9,15H,1-4H3. The third-order valence-corrected chi connectivity index (χ3v) is 2.33. The van der Waals surface area contributed by atoms with Crippen LogP contribution in [0.4, 0.5) is 0 Å². The van der Waals surface area contributed by atoms with Crippen LogP contribution in [0.1, 0.15) is 27.7 Å². The summed E-state index contributed by atoms with van der Waals surface area (Å²) in [7, 11) is 0. The Balaban J connectivity index is 2.92. The van der Waals surface area contributed by atoms with Gasteiger partial charge >= 0.3 is 11.9 Å². The summed E-state index contributed by atoms with van der Waals surface area (Å²) in [5, 5.41) is 9.90. The van der Waals surface area contributed by atoms with Gasteiger partial charge in [-0.2, -0.15) is 0 Å². The molecule has 19 heavy (non-hydrogen) atoms. The van der Waals surface area contributed by atoms with E-state index in [4.69, 9.17) is 9.47 Å². The van der Waals surface area contributed by atoms with Gasteiger partial charge in [0.2, 0.25) is 5.75 Å². The van der Waals surface area contributed by atoms with Crippen LogP contribution in [0.15, 0.2) is 18.2 Å². The SMILES string of the molecule is CC(C)C(=O)Oc1cccc(OC(=O)C(C)C)c1O. The first-order valence-corrected chi connectivity index (χ1v) is 6.08. The van der Waals surface area contributed by atoms with Crippen LogP contribution in [0.3, 0.4) is 0 Å². The zero-order valence-electron chi connectivity index (χ0n) is 11.5. The molecule has 0 unspecified atom stereocenters. The van der Waals surface area contributed by atoms with E-state index >= 15 is 0 Å². The van der Waals surface area contributed by atoms with Crippen molar-refractivity contribution in [3.05, 3.63) is 18.2 Å². The number of carbonyl (C=O) groups is 2. The zero-order valence-corrected chi connectivity index (χ0v) is 11.5. The van der Waals surface area contributed by atoms with Gasteiger partial charge < -0.3 is 14.6 Å². The maximum Gasteiger partial charge on any atom is 0.313 e. The molecule has 104 valence electrons. The predicted octanol–water partition coefficient (Wildman–Crippen LogP) is 2.52. The minimum atomic E-state index is -0.470. The quantitative estimate of drug-likeness (QED) is 0.669. The van der Waals surface area contributed by atoms with E-state index in [-0.39, 0.29) is 29.1 Å². The second-order valence-corrected chi connectivity index (χ2v) is 4.75. The van der Waals surface area contributed by atoms with Gasteiger partial charge in [-0.3, -0.25) is 9.59 Å². The zero-order chi connectivity index (χ0) is 14.6. The van der Waals surface area contributed by atoms with Crippen LogP contribution in [-0.4, -0.2) is 17.0 Å². The number of phenols is 1. The number of rotatable bonds is 4. The minimum Gasteiger partial charge on any atom is -0.502 e. The molecule has 0 spiro atoms. The lowest BCUT2D eigenvalue weighted by atomic mass is 10.2. The fraction of sp³-hybridized carbons (Fsp3) is 0.429. The van der Waals surface area contributed by atoms with Gasteiger partial charge in [-0.25, -0.2) is 0 Å². The maximum atomic E-state index is 11.5. The van der Waals surface area contributed by atoms with Crippen LogP contribution < -0.4 is 9.47 Å². The van der Waals surface area contributed by atoms with E-state index in [9.17, 15) is 14.7 Å². The van der Waals surface area contributed by atoms with Gasteiger partial charge in [0.15, 0.2) is 11.5 Å². The van der Waals surface area contributed by atoms with Gasteiger partial charge in [-0.05, 0) is 12.1 Å². The molecule has 0 aliphatic carbocycles. The molecule has 0 aromatic heterocycles. The van der Waals surface area contributed by atoms with Crippen LogP contribution in [-0.2, 0) is 9.59 Å². The van der Waals surface area contributed by atoms with Crippen molar-refractivity contribution in [2.75, 3.05) is 0 Å². The number of para-hydroxylation sites is 1. The normalized spacial score (nSPS) is 10.6. The molecule has 1 aromatic carbocycles. The van der Waals surface area contributed by atoms with E-state index in [1.165, 1.54) is 18.2 Å². The Hall–Kier alpha value is -2.04. The van der Waals surface area contributed by atoms with Gasteiger partial charge in [-0.15, -0.1) is 0 Å². The fourth-order valence-electron chi connectivity index (χ4n) is 1.12. The molecule has 1 N–H and O–H groups in total. The first kappa shape index (κ1) is 15.0. The first-order valence-electron chi connectivity index (χ1n) is 6.08. The predicted molar refractivity (Wildman–Crippen MR) is 69.1 cm³/mol. The number of hydrogen-bond donors (Lipinski definition) is 1. The third kappa shape index (κ3) is 3.98. The van der Waals surface area contributed by atoms with E-state index < -0.39 is 11.9 Å². The van der Waals surface area contributed by atoms with Gasteiger partial charge in [0.1, 0.15) is 0 Å². The molecule has 0 aliphatic rings. The van der Waals surface area contributed by atoms with E-state index in [0.717, 1.165) is 0 Å².